The molecule has 0 spiro atoms. The number of hydrogen-bond acceptors (Lipinski definition) is 2. The second-order valence-electron chi connectivity index (χ2n) is 5.55. The summed E-state index contributed by atoms with van der Waals surface area (Å²) in [6.07, 6.45) is 1.77. The van der Waals surface area contributed by atoms with Gasteiger partial charge in [0.2, 0.25) is 0 Å². The van der Waals surface area contributed by atoms with Crippen molar-refractivity contribution >= 4 is 0 Å². The summed E-state index contributed by atoms with van der Waals surface area (Å²) >= 11 is 0. The maximum absolute atomic E-state index is 14.4. The molecule has 1 aromatic carbocycles. The number of rotatable bonds is 5. The lowest BCUT2D eigenvalue weighted by Gasteiger charge is -2.28. The SMILES string of the molecule is CCCNC(c1c(F)ccc(C)c1F)C1CCOC1C. The zero-order valence-electron chi connectivity index (χ0n) is 12.4. The largest absolute Gasteiger partial charge is 0.378 e. The van der Waals surface area contributed by atoms with Crippen LogP contribution < -0.4 is 5.32 Å². The molecule has 2 rings (SSSR count). The Morgan fingerprint density at radius 3 is 2.75 bits per heavy atom. The van der Waals surface area contributed by atoms with Crippen LogP contribution in [0.1, 0.15) is 43.9 Å². The highest BCUT2D eigenvalue weighted by molar-refractivity contribution is 5.30. The Morgan fingerprint density at radius 1 is 1.40 bits per heavy atom. The van der Waals surface area contributed by atoms with Crippen LogP contribution in [0, 0.1) is 24.5 Å². The Morgan fingerprint density at radius 2 is 2.15 bits per heavy atom. The molecule has 0 aromatic heterocycles. The van der Waals surface area contributed by atoms with Gasteiger partial charge in [0, 0.05) is 24.1 Å². The summed E-state index contributed by atoms with van der Waals surface area (Å²) < 4.78 is 34.1. The molecule has 4 heteroatoms. The molecule has 1 fully saturated rings. The maximum atomic E-state index is 14.4. The van der Waals surface area contributed by atoms with E-state index in [2.05, 4.69) is 5.32 Å². The zero-order valence-corrected chi connectivity index (χ0v) is 12.4. The van der Waals surface area contributed by atoms with Crippen LogP contribution in [-0.2, 0) is 4.74 Å². The van der Waals surface area contributed by atoms with Crippen molar-refractivity contribution in [3.05, 3.63) is 34.9 Å². The van der Waals surface area contributed by atoms with Crippen LogP contribution in [0.25, 0.3) is 0 Å². The summed E-state index contributed by atoms with van der Waals surface area (Å²) in [5, 5.41) is 3.31. The molecule has 0 aliphatic carbocycles. The average molecular weight is 283 g/mol. The van der Waals surface area contributed by atoms with Crippen molar-refractivity contribution in [3.8, 4) is 0 Å². The molecular weight excluding hydrogens is 260 g/mol. The summed E-state index contributed by atoms with van der Waals surface area (Å²) in [6, 6.07) is 2.52. The summed E-state index contributed by atoms with van der Waals surface area (Å²) in [7, 11) is 0. The van der Waals surface area contributed by atoms with Gasteiger partial charge < -0.3 is 10.1 Å². The molecule has 1 heterocycles. The van der Waals surface area contributed by atoms with E-state index in [0.717, 1.165) is 19.4 Å². The van der Waals surface area contributed by atoms with Crippen LogP contribution in [0.15, 0.2) is 12.1 Å². The lowest BCUT2D eigenvalue weighted by molar-refractivity contribution is 0.0944. The molecule has 1 aliphatic heterocycles. The first-order valence-corrected chi connectivity index (χ1v) is 7.35. The summed E-state index contributed by atoms with van der Waals surface area (Å²) in [6.45, 7) is 7.08. The summed E-state index contributed by atoms with van der Waals surface area (Å²) in [5.74, 6) is -0.800. The molecule has 1 saturated heterocycles. The van der Waals surface area contributed by atoms with E-state index >= 15 is 0 Å². The van der Waals surface area contributed by atoms with Crippen molar-refractivity contribution in [1.82, 2.24) is 5.32 Å². The van der Waals surface area contributed by atoms with Gasteiger partial charge in [-0.05, 0) is 44.9 Å². The van der Waals surface area contributed by atoms with Gasteiger partial charge in [-0.2, -0.15) is 0 Å². The minimum atomic E-state index is -0.471. The van der Waals surface area contributed by atoms with Crippen molar-refractivity contribution in [1.29, 1.82) is 0 Å². The van der Waals surface area contributed by atoms with E-state index in [-0.39, 0.29) is 23.6 Å². The van der Waals surface area contributed by atoms with Gasteiger partial charge in [0.05, 0.1) is 6.10 Å². The fourth-order valence-corrected chi connectivity index (χ4v) is 2.92. The topological polar surface area (TPSA) is 21.3 Å². The molecule has 2 nitrogen and oxygen atoms in total. The van der Waals surface area contributed by atoms with Gasteiger partial charge in [0.1, 0.15) is 11.6 Å². The van der Waals surface area contributed by atoms with Gasteiger partial charge in [-0.3, -0.25) is 0 Å². The fraction of sp³-hybridized carbons (Fsp3) is 0.625. The van der Waals surface area contributed by atoms with Gasteiger partial charge in [-0.1, -0.05) is 13.0 Å². The van der Waals surface area contributed by atoms with Crippen LogP contribution in [-0.4, -0.2) is 19.3 Å². The number of benzene rings is 1. The summed E-state index contributed by atoms with van der Waals surface area (Å²) in [4.78, 5) is 0. The third-order valence-electron chi connectivity index (χ3n) is 4.11. The van der Waals surface area contributed by atoms with Crippen LogP contribution in [0.2, 0.25) is 0 Å². The lowest BCUT2D eigenvalue weighted by Crippen LogP contribution is -2.34. The standard InChI is InChI=1S/C16H23F2NO/c1-4-8-19-16(12-7-9-20-11(12)3)14-13(17)6-5-10(2)15(14)18/h5-6,11-12,16,19H,4,7-9H2,1-3H3. The molecule has 112 valence electrons. The first-order chi connectivity index (χ1) is 9.56. The molecule has 3 atom stereocenters. The van der Waals surface area contributed by atoms with E-state index in [9.17, 15) is 8.78 Å². The Hall–Kier alpha value is -1.00. The normalized spacial score (nSPS) is 24.1. The molecule has 0 amide bonds. The van der Waals surface area contributed by atoms with E-state index in [1.807, 2.05) is 13.8 Å². The molecule has 0 saturated carbocycles. The number of ether oxygens (including phenoxy) is 1. The van der Waals surface area contributed by atoms with Gasteiger partial charge >= 0.3 is 0 Å². The lowest BCUT2D eigenvalue weighted by atomic mass is 9.87. The number of aryl methyl sites for hydroxylation is 1. The van der Waals surface area contributed by atoms with E-state index in [0.29, 0.717) is 12.2 Å². The van der Waals surface area contributed by atoms with Crippen molar-refractivity contribution in [2.75, 3.05) is 13.2 Å². The third-order valence-corrected chi connectivity index (χ3v) is 4.11. The van der Waals surface area contributed by atoms with Gasteiger partial charge in [0.15, 0.2) is 0 Å². The molecule has 1 aromatic rings. The number of nitrogens with one attached hydrogen (secondary N) is 1. The highest BCUT2D eigenvalue weighted by atomic mass is 19.1. The maximum Gasteiger partial charge on any atom is 0.133 e. The second-order valence-corrected chi connectivity index (χ2v) is 5.55. The van der Waals surface area contributed by atoms with Gasteiger partial charge in [-0.15, -0.1) is 0 Å². The monoisotopic (exact) mass is 283 g/mol. The first-order valence-electron chi connectivity index (χ1n) is 7.35. The first kappa shape index (κ1) is 15.4. The quantitative estimate of drug-likeness (QED) is 0.889. The van der Waals surface area contributed by atoms with Gasteiger partial charge in [0.25, 0.3) is 0 Å². The van der Waals surface area contributed by atoms with Crippen molar-refractivity contribution in [2.24, 2.45) is 5.92 Å². The van der Waals surface area contributed by atoms with Crippen LogP contribution in [0.4, 0.5) is 8.78 Å². The third kappa shape index (κ3) is 3.01. The minimum Gasteiger partial charge on any atom is -0.378 e. The molecule has 0 bridgehead atoms. The number of halogens is 2. The smallest absolute Gasteiger partial charge is 0.133 e. The van der Waals surface area contributed by atoms with Gasteiger partial charge in [-0.25, -0.2) is 8.78 Å². The van der Waals surface area contributed by atoms with Crippen molar-refractivity contribution in [2.45, 2.75) is 45.8 Å². The predicted octanol–water partition coefficient (Wildman–Crippen LogP) is 3.74. The molecule has 1 aliphatic rings. The van der Waals surface area contributed by atoms with Crippen LogP contribution >= 0.6 is 0 Å². The predicted molar refractivity (Wildman–Crippen MR) is 75.7 cm³/mol. The Labute approximate surface area is 119 Å². The van der Waals surface area contributed by atoms with E-state index in [1.165, 1.54) is 12.1 Å². The summed E-state index contributed by atoms with van der Waals surface area (Å²) in [5.41, 5.74) is 0.650. The van der Waals surface area contributed by atoms with Crippen LogP contribution in [0.5, 0.6) is 0 Å². The molecule has 0 radical (unpaired) electrons. The van der Waals surface area contributed by atoms with Crippen molar-refractivity contribution in [3.63, 3.8) is 0 Å². The highest BCUT2D eigenvalue weighted by Crippen LogP contribution is 2.36. The molecule has 1 N–H and O–H groups in total. The zero-order chi connectivity index (χ0) is 14.7. The van der Waals surface area contributed by atoms with Crippen LogP contribution in [0.3, 0.4) is 0 Å². The Balaban J connectivity index is 2.38. The van der Waals surface area contributed by atoms with E-state index in [4.69, 9.17) is 4.74 Å². The number of hydrogen-bond donors (Lipinski definition) is 1. The highest BCUT2D eigenvalue weighted by Gasteiger charge is 2.35. The molecular formula is C16H23F2NO. The molecule has 3 unspecified atom stereocenters. The van der Waals surface area contributed by atoms with E-state index in [1.54, 1.807) is 6.92 Å². The minimum absolute atomic E-state index is 0.0173. The Kier molecular flexibility index (Phi) is 5.11. The fourth-order valence-electron chi connectivity index (χ4n) is 2.92. The van der Waals surface area contributed by atoms with E-state index < -0.39 is 11.6 Å². The van der Waals surface area contributed by atoms with Crippen molar-refractivity contribution < 1.29 is 13.5 Å². The average Bonchev–Trinajstić information content (AvgIpc) is 2.84. The Bertz CT molecular complexity index is 464. The second kappa shape index (κ2) is 6.64. The molecule has 20 heavy (non-hydrogen) atoms.